The van der Waals surface area contributed by atoms with E-state index in [1.807, 2.05) is 30.7 Å². The molecule has 130 valence electrons. The van der Waals surface area contributed by atoms with Crippen LogP contribution < -0.4 is 14.3 Å². The summed E-state index contributed by atoms with van der Waals surface area (Å²) in [6, 6.07) is 8.95. The molecule has 0 radical (unpaired) electrons. The van der Waals surface area contributed by atoms with Gasteiger partial charge in [0.05, 0.1) is 24.4 Å². The summed E-state index contributed by atoms with van der Waals surface area (Å²) in [5, 5.41) is 0.663. The highest BCUT2D eigenvalue weighted by Gasteiger charge is 2.18. The molecule has 0 spiro atoms. The highest BCUT2D eigenvalue weighted by molar-refractivity contribution is 7.16. The quantitative estimate of drug-likeness (QED) is 0.695. The lowest BCUT2D eigenvalue weighted by atomic mass is 10.1. The molecule has 0 aliphatic rings. The molecule has 1 amide bonds. The zero-order chi connectivity index (χ0) is 18.1. The van der Waals surface area contributed by atoms with E-state index >= 15 is 0 Å². The fourth-order valence-corrected chi connectivity index (χ4v) is 4.25. The zero-order valence-electron chi connectivity index (χ0n) is 14.3. The van der Waals surface area contributed by atoms with Crippen LogP contribution in [0.15, 0.2) is 35.3 Å². The van der Waals surface area contributed by atoms with Crippen molar-refractivity contribution in [2.75, 3.05) is 14.2 Å². The Morgan fingerprint density at radius 2 is 1.84 bits per heavy atom. The number of hydrogen-bond donors (Lipinski definition) is 0. The number of amides is 1. The Kier molecular flexibility index (Phi) is 4.83. The van der Waals surface area contributed by atoms with E-state index in [0.29, 0.717) is 26.9 Å². The molecule has 1 aromatic heterocycles. The Bertz CT molecular complexity index is 1010. The van der Waals surface area contributed by atoms with E-state index in [1.165, 1.54) is 25.6 Å². The van der Waals surface area contributed by atoms with Crippen molar-refractivity contribution in [2.45, 2.75) is 6.92 Å². The summed E-state index contributed by atoms with van der Waals surface area (Å²) in [4.78, 5) is 17.7. The topological polar surface area (TPSA) is 52.8 Å². The second kappa shape index (κ2) is 6.90. The van der Waals surface area contributed by atoms with E-state index in [4.69, 9.17) is 21.1 Å². The average Bonchev–Trinajstić information content (AvgIpc) is 2.89. The number of hydrogen-bond acceptors (Lipinski definition) is 4. The van der Waals surface area contributed by atoms with E-state index in [9.17, 15) is 4.79 Å². The number of nitrogens with zero attached hydrogens (tertiary/aromatic N) is 2. The first-order valence-electron chi connectivity index (χ1n) is 7.52. The van der Waals surface area contributed by atoms with Gasteiger partial charge in [0.25, 0.3) is 5.91 Å². The second-order valence-corrected chi connectivity index (χ2v) is 6.91. The predicted octanol–water partition coefficient (Wildman–Crippen LogP) is 3.96. The molecule has 25 heavy (non-hydrogen) atoms. The fraction of sp³-hybridized carbons (Fsp3) is 0.222. The summed E-state index contributed by atoms with van der Waals surface area (Å²) in [6.45, 7) is 1.98. The van der Waals surface area contributed by atoms with Crippen molar-refractivity contribution in [1.29, 1.82) is 0 Å². The van der Waals surface area contributed by atoms with Crippen molar-refractivity contribution in [2.24, 2.45) is 12.0 Å². The maximum atomic E-state index is 12.8. The fourth-order valence-electron chi connectivity index (χ4n) is 2.78. The van der Waals surface area contributed by atoms with Crippen LogP contribution in [0.2, 0.25) is 5.02 Å². The van der Waals surface area contributed by atoms with E-state index in [0.717, 1.165) is 15.8 Å². The Balaban J connectivity index is 2.20. The standard InChI is InChI=1S/C18H17ClN2O3S/c1-10-8-11(19)9-14-16(10)21(2)18(25-14)20-17(22)15-12(23-3)6-5-7-13(15)24-4/h5-9H,1-4H3. The number of methoxy groups -OCH3 is 2. The van der Waals surface area contributed by atoms with Gasteiger partial charge in [-0.25, -0.2) is 0 Å². The molecule has 3 rings (SSSR count). The van der Waals surface area contributed by atoms with Crippen molar-refractivity contribution < 1.29 is 14.3 Å². The number of carbonyl (C=O) groups excluding carboxylic acids is 1. The van der Waals surface area contributed by atoms with Crippen molar-refractivity contribution in [3.8, 4) is 11.5 Å². The first kappa shape index (κ1) is 17.5. The molecule has 0 atom stereocenters. The molecular formula is C18H17ClN2O3S. The lowest BCUT2D eigenvalue weighted by Crippen LogP contribution is -2.14. The number of halogens is 1. The Labute approximate surface area is 154 Å². The molecule has 7 heteroatoms. The van der Waals surface area contributed by atoms with E-state index in [1.54, 1.807) is 18.2 Å². The Morgan fingerprint density at radius 1 is 1.20 bits per heavy atom. The minimum atomic E-state index is -0.416. The first-order valence-corrected chi connectivity index (χ1v) is 8.71. The number of benzene rings is 2. The SMILES string of the molecule is COc1cccc(OC)c1C(=O)N=c1sc2cc(Cl)cc(C)c2n1C. The molecule has 0 bridgehead atoms. The van der Waals surface area contributed by atoms with Crippen molar-refractivity contribution >= 4 is 39.1 Å². The van der Waals surface area contributed by atoms with Crippen LogP contribution in [0.5, 0.6) is 11.5 Å². The van der Waals surface area contributed by atoms with Crippen LogP contribution in [-0.2, 0) is 7.05 Å². The van der Waals surface area contributed by atoms with E-state index < -0.39 is 5.91 Å². The molecule has 0 aliphatic heterocycles. The van der Waals surface area contributed by atoms with Crippen LogP contribution in [-0.4, -0.2) is 24.7 Å². The first-order chi connectivity index (χ1) is 12.0. The molecule has 0 aliphatic carbocycles. The number of aromatic nitrogens is 1. The monoisotopic (exact) mass is 376 g/mol. The smallest absolute Gasteiger partial charge is 0.287 e. The summed E-state index contributed by atoms with van der Waals surface area (Å²) in [5.74, 6) is 0.437. The van der Waals surface area contributed by atoms with Gasteiger partial charge < -0.3 is 14.0 Å². The largest absolute Gasteiger partial charge is 0.496 e. The molecule has 3 aromatic rings. The average molecular weight is 377 g/mol. The van der Waals surface area contributed by atoms with Crippen molar-refractivity contribution in [3.05, 3.63) is 51.3 Å². The number of carbonyl (C=O) groups is 1. The molecule has 0 unspecified atom stereocenters. The van der Waals surface area contributed by atoms with Crippen molar-refractivity contribution in [1.82, 2.24) is 4.57 Å². The molecule has 0 fully saturated rings. The van der Waals surface area contributed by atoms with Gasteiger partial charge in [-0.2, -0.15) is 4.99 Å². The molecular weight excluding hydrogens is 360 g/mol. The van der Waals surface area contributed by atoms with Crippen LogP contribution >= 0.6 is 22.9 Å². The van der Waals surface area contributed by atoms with Gasteiger partial charge in [0, 0.05) is 12.1 Å². The van der Waals surface area contributed by atoms with Gasteiger partial charge in [0.1, 0.15) is 17.1 Å². The van der Waals surface area contributed by atoms with Gasteiger partial charge in [-0.05, 0) is 36.8 Å². The summed E-state index contributed by atoms with van der Waals surface area (Å²) >= 11 is 7.54. The minimum absolute atomic E-state index is 0.305. The molecule has 2 aromatic carbocycles. The highest BCUT2D eigenvalue weighted by atomic mass is 35.5. The molecule has 5 nitrogen and oxygen atoms in total. The van der Waals surface area contributed by atoms with E-state index in [2.05, 4.69) is 4.99 Å². The maximum Gasteiger partial charge on any atom is 0.287 e. The van der Waals surface area contributed by atoms with Crippen molar-refractivity contribution in [3.63, 3.8) is 0 Å². The minimum Gasteiger partial charge on any atom is -0.496 e. The summed E-state index contributed by atoms with van der Waals surface area (Å²) in [7, 11) is 4.90. The third kappa shape index (κ3) is 3.15. The molecule has 1 heterocycles. The second-order valence-electron chi connectivity index (χ2n) is 5.47. The van der Waals surface area contributed by atoms with Gasteiger partial charge in [-0.15, -0.1) is 0 Å². The third-order valence-electron chi connectivity index (χ3n) is 3.89. The lowest BCUT2D eigenvalue weighted by Gasteiger charge is -2.09. The zero-order valence-corrected chi connectivity index (χ0v) is 15.9. The lowest BCUT2D eigenvalue weighted by molar-refractivity contribution is 0.0992. The highest BCUT2D eigenvalue weighted by Crippen LogP contribution is 2.29. The molecule has 0 N–H and O–H groups in total. The summed E-state index contributed by atoms with van der Waals surface area (Å²) < 4.78 is 13.5. The van der Waals surface area contributed by atoms with E-state index in [-0.39, 0.29) is 0 Å². The summed E-state index contributed by atoms with van der Waals surface area (Å²) in [6.07, 6.45) is 0. The number of aryl methyl sites for hydroxylation is 2. The molecule has 0 saturated heterocycles. The van der Waals surface area contributed by atoms with Crippen LogP contribution in [0.1, 0.15) is 15.9 Å². The normalized spacial score (nSPS) is 11.8. The van der Waals surface area contributed by atoms with Gasteiger partial charge in [0.15, 0.2) is 4.80 Å². The number of fused-ring (bicyclic) bond motifs is 1. The van der Waals surface area contributed by atoms with Gasteiger partial charge in [0.2, 0.25) is 0 Å². The van der Waals surface area contributed by atoms with Gasteiger partial charge >= 0.3 is 0 Å². The van der Waals surface area contributed by atoms with Gasteiger partial charge in [-0.1, -0.05) is 29.0 Å². The van der Waals surface area contributed by atoms with Crippen LogP contribution in [0, 0.1) is 6.92 Å². The van der Waals surface area contributed by atoms with Gasteiger partial charge in [-0.3, -0.25) is 4.79 Å². The number of thiazole rings is 1. The summed E-state index contributed by atoms with van der Waals surface area (Å²) in [5.41, 5.74) is 2.35. The number of ether oxygens (including phenoxy) is 2. The predicted molar refractivity (Wildman–Crippen MR) is 100.0 cm³/mol. The third-order valence-corrected chi connectivity index (χ3v) is 5.19. The Hall–Kier alpha value is -2.31. The Morgan fingerprint density at radius 3 is 2.44 bits per heavy atom. The van der Waals surface area contributed by atoms with Crippen LogP contribution in [0.3, 0.4) is 0 Å². The molecule has 0 saturated carbocycles. The van der Waals surface area contributed by atoms with Crippen LogP contribution in [0.4, 0.5) is 0 Å². The number of rotatable bonds is 3. The van der Waals surface area contributed by atoms with Crippen LogP contribution in [0.25, 0.3) is 10.2 Å². The maximum absolute atomic E-state index is 12.8.